The molecule has 0 N–H and O–H groups in total. The Bertz CT molecular complexity index is 559. The predicted octanol–water partition coefficient (Wildman–Crippen LogP) is 3.43. The average molecular weight is 284 g/mol. The molecule has 0 spiro atoms. The summed E-state index contributed by atoms with van der Waals surface area (Å²) in [7, 11) is -0.204. The fourth-order valence-electron chi connectivity index (χ4n) is 3.90. The van der Waals surface area contributed by atoms with E-state index >= 15 is 0 Å². The summed E-state index contributed by atoms with van der Waals surface area (Å²) < 4.78 is 12.6. The summed E-state index contributed by atoms with van der Waals surface area (Å²) in [5, 5.41) is 0. The number of rotatable bonds is 2. The molecule has 1 saturated heterocycles. The minimum atomic E-state index is -0.256. The fraction of sp³-hybridized carbons (Fsp3) is 0.667. The topological polar surface area (TPSA) is 18.5 Å². The molecule has 3 heteroatoms. The highest BCUT2D eigenvalue weighted by atomic mass is 16.7. The molecule has 2 nitrogen and oxygen atoms in total. The van der Waals surface area contributed by atoms with Crippen LogP contribution in [-0.4, -0.2) is 18.3 Å². The molecular weight excluding hydrogens is 259 g/mol. The van der Waals surface area contributed by atoms with E-state index in [4.69, 9.17) is 9.31 Å². The standard InChI is InChI=1S/C18H25BO2/c1-17(2)18(3,4)21-19(20-17)15-7-5-6-13-10-11-14(16(13)15)12-8-9-12/h5-7,12,14H,8-11H2,1-4H3. The Labute approximate surface area is 128 Å². The zero-order valence-electron chi connectivity index (χ0n) is 13.6. The molecule has 3 aliphatic rings. The van der Waals surface area contributed by atoms with Crippen LogP contribution in [0.5, 0.6) is 0 Å². The van der Waals surface area contributed by atoms with Crippen molar-refractivity contribution in [2.24, 2.45) is 5.92 Å². The number of hydrogen-bond acceptors (Lipinski definition) is 2. The lowest BCUT2D eigenvalue weighted by Crippen LogP contribution is -2.41. The van der Waals surface area contributed by atoms with Crippen LogP contribution in [0.2, 0.25) is 0 Å². The summed E-state index contributed by atoms with van der Waals surface area (Å²) in [4.78, 5) is 0. The smallest absolute Gasteiger partial charge is 0.399 e. The molecule has 1 aromatic rings. The third-order valence-electron chi connectivity index (χ3n) is 6.02. The first-order chi connectivity index (χ1) is 9.89. The second-order valence-corrected chi connectivity index (χ2v) is 7.99. The second kappa shape index (κ2) is 4.36. The molecule has 21 heavy (non-hydrogen) atoms. The summed E-state index contributed by atoms with van der Waals surface area (Å²) in [6, 6.07) is 6.70. The van der Waals surface area contributed by atoms with Crippen molar-refractivity contribution in [3.05, 3.63) is 29.3 Å². The van der Waals surface area contributed by atoms with Crippen molar-refractivity contribution >= 4 is 12.6 Å². The van der Waals surface area contributed by atoms with E-state index in [1.54, 1.807) is 5.56 Å². The van der Waals surface area contributed by atoms with Crippen molar-refractivity contribution in [2.75, 3.05) is 0 Å². The van der Waals surface area contributed by atoms with Gasteiger partial charge in [0.15, 0.2) is 0 Å². The minimum absolute atomic E-state index is 0.204. The molecular formula is C18H25BO2. The molecule has 1 heterocycles. The van der Waals surface area contributed by atoms with E-state index < -0.39 is 0 Å². The van der Waals surface area contributed by atoms with Crippen LogP contribution in [0.25, 0.3) is 0 Å². The first-order valence-electron chi connectivity index (χ1n) is 8.36. The molecule has 0 amide bonds. The quantitative estimate of drug-likeness (QED) is 0.775. The van der Waals surface area contributed by atoms with Crippen LogP contribution in [0.15, 0.2) is 18.2 Å². The summed E-state index contributed by atoms with van der Waals surface area (Å²) in [6.07, 6.45) is 5.35. The molecule has 1 unspecified atom stereocenters. The van der Waals surface area contributed by atoms with Gasteiger partial charge in [0.2, 0.25) is 0 Å². The Morgan fingerprint density at radius 3 is 2.29 bits per heavy atom. The van der Waals surface area contributed by atoms with Crippen LogP contribution in [0, 0.1) is 5.92 Å². The van der Waals surface area contributed by atoms with Crippen LogP contribution in [0.3, 0.4) is 0 Å². The second-order valence-electron chi connectivity index (χ2n) is 7.99. The Hall–Kier alpha value is -0.795. The predicted molar refractivity (Wildman–Crippen MR) is 85.9 cm³/mol. The van der Waals surface area contributed by atoms with Crippen LogP contribution in [-0.2, 0) is 15.7 Å². The van der Waals surface area contributed by atoms with E-state index in [0.29, 0.717) is 0 Å². The van der Waals surface area contributed by atoms with Crippen LogP contribution in [0.4, 0.5) is 0 Å². The normalized spacial score (nSPS) is 29.7. The first-order valence-corrected chi connectivity index (χ1v) is 8.36. The van der Waals surface area contributed by atoms with Crippen molar-refractivity contribution < 1.29 is 9.31 Å². The van der Waals surface area contributed by atoms with Gasteiger partial charge in [-0.15, -0.1) is 0 Å². The molecule has 1 aliphatic heterocycles. The Morgan fingerprint density at radius 1 is 1.00 bits per heavy atom. The van der Waals surface area contributed by atoms with Crippen LogP contribution < -0.4 is 5.46 Å². The molecule has 0 aromatic heterocycles. The maximum Gasteiger partial charge on any atom is 0.495 e. The monoisotopic (exact) mass is 284 g/mol. The number of hydrogen-bond donors (Lipinski definition) is 0. The van der Waals surface area contributed by atoms with Crippen molar-refractivity contribution in [2.45, 2.75) is 70.5 Å². The van der Waals surface area contributed by atoms with E-state index in [-0.39, 0.29) is 18.3 Å². The first kappa shape index (κ1) is 13.8. The number of benzene rings is 1. The Balaban J connectivity index is 1.73. The van der Waals surface area contributed by atoms with Crippen molar-refractivity contribution in [3.8, 4) is 0 Å². The molecule has 4 rings (SSSR count). The molecule has 2 fully saturated rings. The van der Waals surface area contributed by atoms with Crippen molar-refractivity contribution in [3.63, 3.8) is 0 Å². The zero-order valence-corrected chi connectivity index (χ0v) is 13.6. The van der Waals surface area contributed by atoms with Gasteiger partial charge >= 0.3 is 7.12 Å². The highest BCUT2D eigenvalue weighted by Gasteiger charge is 2.53. The van der Waals surface area contributed by atoms with Gasteiger partial charge in [0.25, 0.3) is 0 Å². The van der Waals surface area contributed by atoms with E-state index in [1.165, 1.54) is 36.7 Å². The van der Waals surface area contributed by atoms with Gasteiger partial charge < -0.3 is 9.31 Å². The van der Waals surface area contributed by atoms with Crippen LogP contribution in [0.1, 0.15) is 64.0 Å². The molecule has 1 saturated carbocycles. The summed E-state index contributed by atoms with van der Waals surface area (Å²) in [6.45, 7) is 8.53. The fourth-order valence-corrected chi connectivity index (χ4v) is 3.90. The molecule has 112 valence electrons. The lowest BCUT2D eigenvalue weighted by molar-refractivity contribution is 0.00578. The van der Waals surface area contributed by atoms with E-state index in [9.17, 15) is 0 Å². The number of fused-ring (bicyclic) bond motifs is 1. The van der Waals surface area contributed by atoms with E-state index in [1.807, 2.05) is 0 Å². The van der Waals surface area contributed by atoms with Gasteiger partial charge in [-0.25, -0.2) is 0 Å². The maximum atomic E-state index is 6.30. The van der Waals surface area contributed by atoms with Crippen molar-refractivity contribution in [1.82, 2.24) is 0 Å². The van der Waals surface area contributed by atoms with Crippen molar-refractivity contribution in [1.29, 1.82) is 0 Å². The summed E-state index contributed by atoms with van der Waals surface area (Å²) in [5.74, 6) is 1.66. The lowest BCUT2D eigenvalue weighted by Gasteiger charge is -2.32. The zero-order chi connectivity index (χ0) is 14.8. The van der Waals surface area contributed by atoms with Crippen LogP contribution >= 0.6 is 0 Å². The summed E-state index contributed by atoms with van der Waals surface area (Å²) in [5.41, 5.74) is 3.86. The van der Waals surface area contributed by atoms with Gasteiger partial charge in [-0.1, -0.05) is 18.2 Å². The number of aryl methyl sites for hydroxylation is 1. The van der Waals surface area contributed by atoms with Gasteiger partial charge in [-0.05, 0) is 81.8 Å². The average Bonchev–Trinajstić information content (AvgIpc) is 3.11. The molecule has 1 aromatic carbocycles. The third kappa shape index (κ3) is 2.09. The van der Waals surface area contributed by atoms with Gasteiger partial charge in [0, 0.05) is 0 Å². The minimum Gasteiger partial charge on any atom is -0.399 e. The van der Waals surface area contributed by atoms with Gasteiger partial charge in [0.05, 0.1) is 11.2 Å². The van der Waals surface area contributed by atoms with E-state index in [2.05, 4.69) is 45.9 Å². The SMILES string of the molecule is CC1(C)OB(c2cccc3c2C(C2CC2)CC3)OC1(C)C. The third-order valence-corrected chi connectivity index (χ3v) is 6.02. The van der Waals surface area contributed by atoms with Gasteiger partial charge in [-0.3, -0.25) is 0 Å². The highest BCUT2D eigenvalue weighted by Crippen LogP contribution is 2.49. The summed E-state index contributed by atoms with van der Waals surface area (Å²) >= 11 is 0. The lowest BCUT2D eigenvalue weighted by atomic mass is 9.72. The largest absolute Gasteiger partial charge is 0.495 e. The van der Waals surface area contributed by atoms with Gasteiger partial charge in [0.1, 0.15) is 0 Å². The molecule has 0 bridgehead atoms. The van der Waals surface area contributed by atoms with Gasteiger partial charge in [-0.2, -0.15) is 0 Å². The highest BCUT2D eigenvalue weighted by molar-refractivity contribution is 6.62. The molecule has 2 aliphatic carbocycles. The maximum absolute atomic E-state index is 6.30. The molecule has 0 radical (unpaired) electrons. The molecule has 1 atom stereocenters. The Kier molecular flexibility index (Phi) is 2.87. The Morgan fingerprint density at radius 2 is 1.67 bits per heavy atom. The van der Waals surface area contributed by atoms with E-state index in [0.717, 1.165) is 11.8 Å².